The van der Waals surface area contributed by atoms with Gasteiger partial charge in [-0.05, 0) is 31.2 Å². The molecule has 0 saturated carbocycles. The average molecular weight is 270 g/mol. The fraction of sp³-hybridized carbons (Fsp3) is 0.200. The van der Waals surface area contributed by atoms with Gasteiger partial charge in [0.15, 0.2) is 0 Å². The largest absolute Gasteiger partial charge is 0.462 e. The van der Waals surface area contributed by atoms with Gasteiger partial charge >= 0.3 is 0 Å². The molecule has 3 rings (SSSR count). The van der Waals surface area contributed by atoms with Crippen LogP contribution in [0.3, 0.4) is 0 Å². The minimum absolute atomic E-state index is 0.134. The number of aryl methyl sites for hydroxylation is 1. The van der Waals surface area contributed by atoms with E-state index in [1.165, 1.54) is 0 Å². The number of aliphatic hydroxyl groups excluding tert-OH is 1. The van der Waals surface area contributed by atoms with Crippen LogP contribution in [0.4, 0.5) is 0 Å². The van der Waals surface area contributed by atoms with E-state index in [9.17, 15) is 4.79 Å². The van der Waals surface area contributed by atoms with Crippen LogP contribution in [0, 0.1) is 6.92 Å². The normalized spacial score (nSPS) is 11.1. The second-order valence-electron chi connectivity index (χ2n) is 4.60. The summed E-state index contributed by atoms with van der Waals surface area (Å²) >= 11 is 0. The van der Waals surface area contributed by atoms with Crippen molar-refractivity contribution < 1.29 is 9.52 Å². The Kier molecular flexibility index (Phi) is 3.12. The van der Waals surface area contributed by atoms with Crippen LogP contribution in [0.25, 0.3) is 11.0 Å². The van der Waals surface area contributed by atoms with Crippen molar-refractivity contribution in [3.8, 4) is 0 Å². The lowest BCUT2D eigenvalue weighted by molar-refractivity contribution is 0.243. The maximum absolute atomic E-state index is 12.3. The van der Waals surface area contributed by atoms with Gasteiger partial charge in [0.2, 0.25) is 0 Å². The molecule has 0 aliphatic heterocycles. The Morgan fingerprint density at radius 3 is 2.70 bits per heavy atom. The first kappa shape index (κ1) is 12.6. The third kappa shape index (κ3) is 2.12. The molecule has 2 aromatic heterocycles. The third-order valence-electron chi connectivity index (χ3n) is 3.20. The van der Waals surface area contributed by atoms with E-state index in [4.69, 9.17) is 9.52 Å². The molecule has 0 radical (unpaired) electrons. The van der Waals surface area contributed by atoms with E-state index in [1.54, 1.807) is 23.6 Å². The van der Waals surface area contributed by atoms with E-state index >= 15 is 0 Å². The number of hydrogen-bond acceptors (Lipinski definition) is 4. The van der Waals surface area contributed by atoms with E-state index in [1.807, 2.05) is 24.3 Å². The van der Waals surface area contributed by atoms with E-state index in [-0.39, 0.29) is 12.2 Å². The molecule has 0 spiro atoms. The second kappa shape index (κ2) is 4.94. The molecule has 0 amide bonds. The van der Waals surface area contributed by atoms with Gasteiger partial charge < -0.3 is 9.52 Å². The Balaban J connectivity index is 2.14. The van der Waals surface area contributed by atoms with Crippen molar-refractivity contribution in [2.75, 3.05) is 0 Å². The number of nitrogens with zero attached hydrogens (tertiary/aromatic N) is 2. The molecule has 0 fully saturated rings. The van der Waals surface area contributed by atoms with Crippen molar-refractivity contribution >= 4 is 11.0 Å². The van der Waals surface area contributed by atoms with Gasteiger partial charge in [-0.2, -0.15) is 0 Å². The number of furan rings is 1. The highest BCUT2D eigenvalue weighted by Crippen LogP contribution is 2.14. The number of aliphatic hydroxyl groups is 1. The molecule has 0 bridgehead atoms. The average Bonchev–Trinajstić information content (AvgIpc) is 2.91. The van der Waals surface area contributed by atoms with Crippen LogP contribution in [0.1, 0.15) is 17.2 Å². The van der Waals surface area contributed by atoms with Gasteiger partial charge in [-0.15, -0.1) is 0 Å². The second-order valence-corrected chi connectivity index (χ2v) is 4.60. The van der Waals surface area contributed by atoms with Crippen LogP contribution >= 0.6 is 0 Å². The lowest BCUT2D eigenvalue weighted by Crippen LogP contribution is -2.24. The van der Waals surface area contributed by atoms with Gasteiger partial charge in [0.25, 0.3) is 5.56 Å². The molecule has 102 valence electrons. The van der Waals surface area contributed by atoms with E-state index in [2.05, 4.69) is 4.98 Å². The summed E-state index contributed by atoms with van der Waals surface area (Å²) in [7, 11) is 0. The summed E-state index contributed by atoms with van der Waals surface area (Å²) in [5.74, 6) is 1.12. The first-order chi connectivity index (χ1) is 9.69. The molecule has 1 aromatic carbocycles. The number of para-hydroxylation sites is 2. The Bertz CT molecular complexity index is 817. The van der Waals surface area contributed by atoms with Crippen LogP contribution in [0.2, 0.25) is 0 Å². The molecule has 3 aromatic rings. The van der Waals surface area contributed by atoms with Gasteiger partial charge in [-0.3, -0.25) is 9.36 Å². The van der Waals surface area contributed by atoms with Gasteiger partial charge in [-0.25, -0.2) is 4.98 Å². The van der Waals surface area contributed by atoms with Gasteiger partial charge in [0.05, 0.1) is 17.6 Å². The summed E-state index contributed by atoms with van der Waals surface area (Å²) in [4.78, 5) is 16.6. The summed E-state index contributed by atoms with van der Waals surface area (Å²) in [6.07, 6.45) is 0. The van der Waals surface area contributed by atoms with Crippen molar-refractivity contribution in [1.29, 1.82) is 0 Å². The highest BCUT2D eigenvalue weighted by molar-refractivity contribution is 5.74. The Morgan fingerprint density at radius 2 is 1.95 bits per heavy atom. The maximum atomic E-state index is 12.3. The summed E-state index contributed by atoms with van der Waals surface area (Å²) < 4.78 is 7.09. The van der Waals surface area contributed by atoms with Crippen LogP contribution in [0.5, 0.6) is 0 Å². The summed E-state index contributed by atoms with van der Waals surface area (Å²) in [6, 6.07) is 11.0. The monoisotopic (exact) mass is 270 g/mol. The van der Waals surface area contributed by atoms with Crippen molar-refractivity contribution in [3.05, 3.63) is 64.0 Å². The zero-order chi connectivity index (χ0) is 14.1. The molecular formula is C15H14N2O3. The van der Waals surface area contributed by atoms with Crippen molar-refractivity contribution in [2.24, 2.45) is 0 Å². The van der Waals surface area contributed by atoms with E-state index in [0.29, 0.717) is 23.8 Å². The molecule has 20 heavy (non-hydrogen) atoms. The molecule has 2 heterocycles. The van der Waals surface area contributed by atoms with Crippen molar-refractivity contribution in [1.82, 2.24) is 9.55 Å². The molecule has 1 N–H and O–H groups in total. The topological polar surface area (TPSA) is 68.3 Å². The van der Waals surface area contributed by atoms with Gasteiger partial charge in [0.1, 0.15) is 23.8 Å². The molecule has 0 aliphatic rings. The predicted octanol–water partition coefficient (Wildman–Crippen LogP) is 1.84. The minimum atomic E-state index is -0.148. The molecule has 5 nitrogen and oxygen atoms in total. The zero-order valence-corrected chi connectivity index (χ0v) is 11.0. The minimum Gasteiger partial charge on any atom is -0.462 e. The standard InChI is InChI=1S/C15H14N2O3/c1-10-15(19)17(8-11-6-7-12(9-18)20-11)14-5-3-2-4-13(14)16-10/h2-7,18H,8-9H2,1H3. The van der Waals surface area contributed by atoms with E-state index in [0.717, 1.165) is 11.0 Å². The molecule has 0 saturated heterocycles. The molecule has 0 aliphatic carbocycles. The van der Waals surface area contributed by atoms with Crippen molar-refractivity contribution in [2.45, 2.75) is 20.1 Å². The van der Waals surface area contributed by atoms with Crippen LogP contribution in [-0.2, 0) is 13.2 Å². The lowest BCUT2D eigenvalue weighted by Gasteiger charge is -2.09. The quantitative estimate of drug-likeness (QED) is 0.788. The first-order valence-corrected chi connectivity index (χ1v) is 6.33. The van der Waals surface area contributed by atoms with Crippen LogP contribution in [0.15, 0.2) is 45.6 Å². The maximum Gasteiger partial charge on any atom is 0.272 e. The first-order valence-electron chi connectivity index (χ1n) is 6.33. The van der Waals surface area contributed by atoms with Gasteiger partial charge in [0, 0.05) is 0 Å². The number of aromatic nitrogens is 2. The van der Waals surface area contributed by atoms with Crippen LogP contribution < -0.4 is 5.56 Å². The summed E-state index contributed by atoms with van der Waals surface area (Å²) in [5.41, 5.74) is 1.87. The predicted molar refractivity (Wildman–Crippen MR) is 74.5 cm³/mol. The Hall–Kier alpha value is -2.40. The Morgan fingerprint density at radius 1 is 1.20 bits per heavy atom. The van der Waals surface area contributed by atoms with Crippen LogP contribution in [-0.4, -0.2) is 14.7 Å². The third-order valence-corrected chi connectivity index (χ3v) is 3.20. The molecule has 0 unspecified atom stereocenters. The SMILES string of the molecule is Cc1nc2ccccc2n(Cc2ccc(CO)o2)c1=O. The highest BCUT2D eigenvalue weighted by atomic mass is 16.4. The van der Waals surface area contributed by atoms with E-state index < -0.39 is 0 Å². The molecular weight excluding hydrogens is 256 g/mol. The molecule has 0 atom stereocenters. The number of hydrogen-bond donors (Lipinski definition) is 1. The zero-order valence-electron chi connectivity index (χ0n) is 11.0. The van der Waals surface area contributed by atoms with Crippen molar-refractivity contribution in [3.63, 3.8) is 0 Å². The fourth-order valence-electron chi connectivity index (χ4n) is 2.23. The number of fused-ring (bicyclic) bond motifs is 1. The summed E-state index contributed by atoms with van der Waals surface area (Å²) in [6.45, 7) is 1.88. The number of rotatable bonds is 3. The van der Waals surface area contributed by atoms with Gasteiger partial charge in [-0.1, -0.05) is 12.1 Å². The Labute approximate surface area is 115 Å². The highest BCUT2D eigenvalue weighted by Gasteiger charge is 2.10. The lowest BCUT2D eigenvalue weighted by atomic mass is 10.2. The fourth-order valence-corrected chi connectivity index (χ4v) is 2.23. The number of benzene rings is 1. The summed E-state index contributed by atoms with van der Waals surface area (Å²) in [5, 5.41) is 9.02. The smallest absolute Gasteiger partial charge is 0.272 e. The molecule has 5 heteroatoms.